The molecule has 1 aliphatic heterocycles. The SMILES string of the molecule is C=CC=C1/C(=C\C=C)CNC(=O)c2c1ccc(C)c2C. The van der Waals surface area contributed by atoms with Crippen molar-refractivity contribution in [2.24, 2.45) is 0 Å². The van der Waals surface area contributed by atoms with Crippen molar-refractivity contribution in [2.75, 3.05) is 6.54 Å². The Morgan fingerprint density at radius 3 is 2.50 bits per heavy atom. The van der Waals surface area contributed by atoms with E-state index in [2.05, 4.69) is 24.5 Å². The Balaban J connectivity index is 2.78. The molecule has 1 aromatic rings. The van der Waals surface area contributed by atoms with Crippen LogP contribution in [0.4, 0.5) is 0 Å². The standard InChI is InChI=1S/C18H19NO/c1-5-7-14-11-19-18(20)17-13(4)12(3)9-10-16(17)15(14)8-6-2/h5-10H,1-2,11H2,3-4H3,(H,19,20)/b14-7-,15-8?. The Bertz CT molecular complexity index is 648. The molecule has 102 valence electrons. The molecule has 2 nitrogen and oxygen atoms in total. The molecule has 2 heteroatoms. The first-order valence-corrected chi connectivity index (χ1v) is 6.63. The van der Waals surface area contributed by atoms with Crippen LogP contribution in [-0.2, 0) is 0 Å². The molecule has 2 rings (SSSR count). The summed E-state index contributed by atoms with van der Waals surface area (Å²) in [4.78, 5) is 12.4. The van der Waals surface area contributed by atoms with Gasteiger partial charge in [0.15, 0.2) is 0 Å². The van der Waals surface area contributed by atoms with Crippen LogP contribution in [0.3, 0.4) is 0 Å². The Morgan fingerprint density at radius 2 is 1.85 bits per heavy atom. The van der Waals surface area contributed by atoms with E-state index in [0.29, 0.717) is 6.54 Å². The highest BCUT2D eigenvalue weighted by molar-refractivity contribution is 6.04. The van der Waals surface area contributed by atoms with Crippen LogP contribution >= 0.6 is 0 Å². The van der Waals surface area contributed by atoms with E-state index < -0.39 is 0 Å². The molecule has 0 bridgehead atoms. The minimum absolute atomic E-state index is 0.0244. The highest BCUT2D eigenvalue weighted by Gasteiger charge is 2.23. The van der Waals surface area contributed by atoms with Gasteiger partial charge in [-0.15, -0.1) is 0 Å². The number of aryl methyl sites for hydroxylation is 1. The van der Waals surface area contributed by atoms with Gasteiger partial charge in [-0.1, -0.05) is 49.6 Å². The topological polar surface area (TPSA) is 29.1 Å². The quantitative estimate of drug-likeness (QED) is 0.867. The zero-order valence-electron chi connectivity index (χ0n) is 12.0. The van der Waals surface area contributed by atoms with E-state index in [9.17, 15) is 4.79 Å². The van der Waals surface area contributed by atoms with Crippen molar-refractivity contribution in [3.8, 4) is 0 Å². The number of hydrogen-bond donors (Lipinski definition) is 1. The number of hydrogen-bond acceptors (Lipinski definition) is 1. The van der Waals surface area contributed by atoms with Crippen LogP contribution in [0.1, 0.15) is 27.0 Å². The molecule has 1 aromatic carbocycles. The molecule has 0 atom stereocenters. The van der Waals surface area contributed by atoms with Crippen LogP contribution < -0.4 is 5.32 Å². The molecule has 1 heterocycles. The number of carbonyl (C=O) groups is 1. The number of fused-ring (bicyclic) bond motifs is 1. The van der Waals surface area contributed by atoms with Gasteiger partial charge in [-0.05, 0) is 41.7 Å². The van der Waals surface area contributed by atoms with E-state index in [-0.39, 0.29) is 5.91 Å². The summed E-state index contributed by atoms with van der Waals surface area (Å²) in [6, 6.07) is 4.06. The Kier molecular flexibility index (Phi) is 4.04. The van der Waals surface area contributed by atoms with Crippen molar-refractivity contribution >= 4 is 11.5 Å². The summed E-state index contributed by atoms with van der Waals surface area (Å²) in [5, 5.41) is 2.96. The molecule has 0 radical (unpaired) electrons. The maximum atomic E-state index is 12.4. The molecule has 1 N–H and O–H groups in total. The van der Waals surface area contributed by atoms with Crippen molar-refractivity contribution in [1.29, 1.82) is 0 Å². The number of carbonyl (C=O) groups excluding carboxylic acids is 1. The van der Waals surface area contributed by atoms with Crippen molar-refractivity contribution in [3.63, 3.8) is 0 Å². The van der Waals surface area contributed by atoms with Crippen LogP contribution in [0.15, 0.2) is 55.2 Å². The molecular weight excluding hydrogens is 246 g/mol. The van der Waals surface area contributed by atoms with Crippen LogP contribution in [0.5, 0.6) is 0 Å². The molecule has 0 aliphatic carbocycles. The summed E-state index contributed by atoms with van der Waals surface area (Å²) in [5.41, 5.74) is 5.91. The minimum Gasteiger partial charge on any atom is -0.348 e. The van der Waals surface area contributed by atoms with Gasteiger partial charge in [-0.3, -0.25) is 4.79 Å². The van der Waals surface area contributed by atoms with Crippen molar-refractivity contribution in [1.82, 2.24) is 5.32 Å². The van der Waals surface area contributed by atoms with Crippen LogP contribution in [-0.4, -0.2) is 12.5 Å². The van der Waals surface area contributed by atoms with E-state index in [1.165, 1.54) is 0 Å². The van der Waals surface area contributed by atoms with Gasteiger partial charge in [-0.25, -0.2) is 0 Å². The van der Waals surface area contributed by atoms with Crippen molar-refractivity contribution < 1.29 is 4.79 Å². The zero-order valence-corrected chi connectivity index (χ0v) is 12.0. The number of amides is 1. The van der Waals surface area contributed by atoms with Gasteiger partial charge in [-0.2, -0.15) is 0 Å². The molecule has 0 spiro atoms. The van der Waals surface area contributed by atoms with Gasteiger partial charge in [0.05, 0.1) is 5.56 Å². The lowest BCUT2D eigenvalue weighted by Crippen LogP contribution is -2.24. The molecule has 0 aromatic heterocycles. The lowest BCUT2D eigenvalue weighted by molar-refractivity contribution is 0.0957. The lowest BCUT2D eigenvalue weighted by Gasteiger charge is -2.13. The monoisotopic (exact) mass is 265 g/mol. The van der Waals surface area contributed by atoms with Crippen LogP contribution in [0.25, 0.3) is 5.57 Å². The molecule has 1 amide bonds. The third-order valence-corrected chi connectivity index (χ3v) is 3.64. The third-order valence-electron chi connectivity index (χ3n) is 3.64. The van der Waals surface area contributed by atoms with Gasteiger partial charge >= 0.3 is 0 Å². The maximum Gasteiger partial charge on any atom is 0.252 e. The zero-order chi connectivity index (χ0) is 14.7. The van der Waals surface area contributed by atoms with Gasteiger partial charge in [0.25, 0.3) is 5.91 Å². The molecule has 0 fully saturated rings. The summed E-state index contributed by atoms with van der Waals surface area (Å²) < 4.78 is 0. The first-order valence-electron chi connectivity index (χ1n) is 6.63. The molecular formula is C18H19NO. The van der Waals surface area contributed by atoms with E-state index in [4.69, 9.17) is 0 Å². The summed E-state index contributed by atoms with van der Waals surface area (Å²) in [6.45, 7) is 12.0. The highest BCUT2D eigenvalue weighted by atomic mass is 16.1. The highest BCUT2D eigenvalue weighted by Crippen LogP contribution is 2.31. The minimum atomic E-state index is -0.0244. The van der Waals surface area contributed by atoms with Gasteiger partial charge < -0.3 is 5.32 Å². The Morgan fingerprint density at radius 1 is 1.15 bits per heavy atom. The molecule has 1 aliphatic rings. The summed E-state index contributed by atoms with van der Waals surface area (Å²) in [5.74, 6) is -0.0244. The number of allylic oxidation sites excluding steroid dienone is 4. The fourth-order valence-electron chi connectivity index (χ4n) is 2.47. The fourth-order valence-corrected chi connectivity index (χ4v) is 2.47. The van der Waals surface area contributed by atoms with Crippen LogP contribution in [0, 0.1) is 13.8 Å². The van der Waals surface area contributed by atoms with Crippen molar-refractivity contribution in [3.05, 3.63) is 77.4 Å². The van der Waals surface area contributed by atoms with Crippen LogP contribution in [0.2, 0.25) is 0 Å². The first-order chi connectivity index (χ1) is 9.60. The Hall–Kier alpha value is -2.35. The maximum absolute atomic E-state index is 12.4. The van der Waals surface area contributed by atoms with E-state index in [1.54, 1.807) is 12.2 Å². The first kappa shape index (κ1) is 14.1. The molecule has 20 heavy (non-hydrogen) atoms. The van der Waals surface area contributed by atoms with Crippen molar-refractivity contribution in [2.45, 2.75) is 13.8 Å². The van der Waals surface area contributed by atoms with E-state index >= 15 is 0 Å². The predicted octanol–water partition coefficient (Wildman–Crippen LogP) is 3.73. The normalized spacial score (nSPS) is 18.4. The summed E-state index contributed by atoms with van der Waals surface area (Å²) in [7, 11) is 0. The largest absolute Gasteiger partial charge is 0.348 e. The van der Waals surface area contributed by atoms with Gasteiger partial charge in [0.1, 0.15) is 0 Å². The summed E-state index contributed by atoms with van der Waals surface area (Å²) in [6.07, 6.45) is 7.37. The predicted molar refractivity (Wildman–Crippen MR) is 84.7 cm³/mol. The van der Waals surface area contributed by atoms with Gasteiger partial charge in [0, 0.05) is 6.54 Å². The smallest absolute Gasteiger partial charge is 0.252 e. The fraction of sp³-hybridized carbons (Fsp3) is 0.167. The number of nitrogens with one attached hydrogen (secondary N) is 1. The van der Waals surface area contributed by atoms with Gasteiger partial charge in [0.2, 0.25) is 0 Å². The second kappa shape index (κ2) is 5.74. The average molecular weight is 265 g/mol. The number of rotatable bonds is 2. The lowest BCUT2D eigenvalue weighted by atomic mass is 9.90. The summed E-state index contributed by atoms with van der Waals surface area (Å²) >= 11 is 0. The molecule has 0 saturated carbocycles. The average Bonchev–Trinajstić information content (AvgIpc) is 2.55. The Labute approximate surface area is 120 Å². The molecule has 0 saturated heterocycles. The molecule has 0 unspecified atom stereocenters. The van der Waals surface area contributed by atoms with E-state index in [0.717, 1.165) is 33.4 Å². The second-order valence-electron chi connectivity index (χ2n) is 4.86. The third kappa shape index (κ3) is 2.37. The number of benzene rings is 1. The second-order valence-corrected chi connectivity index (χ2v) is 4.86. The van der Waals surface area contributed by atoms with E-state index in [1.807, 2.05) is 32.1 Å².